The zero-order valence-corrected chi connectivity index (χ0v) is 8.81. The summed E-state index contributed by atoms with van der Waals surface area (Å²) in [5.74, 6) is 0. The van der Waals surface area contributed by atoms with Gasteiger partial charge in [0.05, 0.1) is 27.7 Å². The van der Waals surface area contributed by atoms with E-state index < -0.39 is 0 Å². The topological polar surface area (TPSA) is 48.8 Å². The highest BCUT2D eigenvalue weighted by Gasteiger charge is 2.10. The third kappa shape index (κ3) is 2.76. The van der Waals surface area contributed by atoms with Gasteiger partial charge in [0, 0.05) is 4.91 Å². The molecule has 0 N–H and O–H groups in total. The SMILES string of the molecule is C[N+](C)(C)c1ccc(CN=[N+]=[N-])cc1. The Morgan fingerprint density at radius 2 is 1.79 bits per heavy atom. The van der Waals surface area contributed by atoms with E-state index in [1.807, 2.05) is 12.1 Å². The Kier molecular flexibility index (Phi) is 3.12. The van der Waals surface area contributed by atoms with E-state index in [-0.39, 0.29) is 0 Å². The first-order chi connectivity index (χ1) is 6.54. The van der Waals surface area contributed by atoms with Crippen LogP contribution in [0.15, 0.2) is 29.4 Å². The summed E-state index contributed by atoms with van der Waals surface area (Å²) in [6.07, 6.45) is 0. The lowest BCUT2D eigenvalue weighted by atomic mass is 10.2. The molecular weight excluding hydrogens is 176 g/mol. The van der Waals surface area contributed by atoms with Crippen LogP contribution in [-0.4, -0.2) is 21.1 Å². The predicted molar refractivity (Wildman–Crippen MR) is 58.9 cm³/mol. The van der Waals surface area contributed by atoms with E-state index in [4.69, 9.17) is 5.53 Å². The van der Waals surface area contributed by atoms with Crippen molar-refractivity contribution in [2.24, 2.45) is 5.11 Å². The standard InChI is InChI=1S/C10H15N4/c1-14(2,3)10-6-4-9(5-7-10)8-12-13-11/h4-7H,8H2,1-3H3/q+1. The minimum atomic E-state index is 0.425. The summed E-state index contributed by atoms with van der Waals surface area (Å²) in [7, 11) is 6.34. The van der Waals surface area contributed by atoms with Crippen LogP contribution in [-0.2, 0) is 6.54 Å². The molecule has 1 rings (SSSR count). The molecule has 0 bridgehead atoms. The van der Waals surface area contributed by atoms with Crippen molar-refractivity contribution in [2.75, 3.05) is 21.1 Å². The van der Waals surface area contributed by atoms with Crippen molar-refractivity contribution in [3.05, 3.63) is 40.3 Å². The zero-order chi connectivity index (χ0) is 10.6. The Hall–Kier alpha value is -1.51. The van der Waals surface area contributed by atoms with Crippen molar-refractivity contribution in [3.8, 4) is 0 Å². The highest BCUT2D eigenvalue weighted by Crippen LogP contribution is 2.17. The lowest BCUT2D eigenvalue weighted by Crippen LogP contribution is -2.34. The molecule has 4 heteroatoms. The molecule has 4 nitrogen and oxygen atoms in total. The Morgan fingerprint density at radius 3 is 2.21 bits per heavy atom. The van der Waals surface area contributed by atoms with Gasteiger partial charge in [-0.05, 0) is 23.2 Å². The predicted octanol–water partition coefficient (Wildman–Crippen LogP) is 2.69. The van der Waals surface area contributed by atoms with Crippen LogP contribution in [0.1, 0.15) is 5.56 Å². The molecule has 0 aliphatic rings. The number of hydrogen-bond acceptors (Lipinski definition) is 1. The highest BCUT2D eigenvalue weighted by atomic mass is 15.3. The van der Waals surface area contributed by atoms with Crippen LogP contribution in [0, 0.1) is 0 Å². The van der Waals surface area contributed by atoms with Gasteiger partial charge in [-0.25, -0.2) is 0 Å². The molecule has 0 aromatic heterocycles. The average Bonchev–Trinajstić information content (AvgIpc) is 2.14. The summed E-state index contributed by atoms with van der Waals surface area (Å²) in [5, 5.41) is 3.51. The lowest BCUT2D eigenvalue weighted by molar-refractivity contribution is 0.486. The molecule has 0 saturated carbocycles. The fraction of sp³-hybridized carbons (Fsp3) is 0.400. The lowest BCUT2D eigenvalue weighted by Gasteiger charge is -2.23. The molecule has 0 spiro atoms. The first-order valence-corrected chi connectivity index (χ1v) is 4.46. The first-order valence-electron chi connectivity index (χ1n) is 4.46. The van der Waals surface area contributed by atoms with Gasteiger partial charge >= 0.3 is 0 Å². The van der Waals surface area contributed by atoms with E-state index in [1.165, 1.54) is 5.69 Å². The van der Waals surface area contributed by atoms with E-state index in [0.29, 0.717) is 6.54 Å². The van der Waals surface area contributed by atoms with Crippen molar-refractivity contribution in [3.63, 3.8) is 0 Å². The molecule has 0 radical (unpaired) electrons. The van der Waals surface area contributed by atoms with E-state index >= 15 is 0 Å². The maximum atomic E-state index is 8.17. The van der Waals surface area contributed by atoms with Gasteiger partial charge in [-0.2, -0.15) is 0 Å². The summed E-state index contributed by atoms with van der Waals surface area (Å²) >= 11 is 0. The largest absolute Gasteiger partial charge is 0.298 e. The van der Waals surface area contributed by atoms with E-state index in [9.17, 15) is 0 Å². The number of rotatable bonds is 3. The van der Waals surface area contributed by atoms with Crippen LogP contribution in [0.4, 0.5) is 5.69 Å². The maximum Gasteiger partial charge on any atom is 0.132 e. The molecule has 0 unspecified atom stereocenters. The molecule has 74 valence electrons. The van der Waals surface area contributed by atoms with E-state index in [0.717, 1.165) is 10.0 Å². The van der Waals surface area contributed by atoms with Gasteiger partial charge < -0.3 is 0 Å². The van der Waals surface area contributed by atoms with Crippen LogP contribution in [0.2, 0.25) is 0 Å². The summed E-state index contributed by atoms with van der Waals surface area (Å²) in [6, 6.07) is 8.10. The average molecular weight is 191 g/mol. The van der Waals surface area contributed by atoms with Crippen LogP contribution < -0.4 is 4.48 Å². The second-order valence-corrected chi connectivity index (χ2v) is 4.07. The maximum absolute atomic E-state index is 8.17. The quantitative estimate of drug-likeness (QED) is 0.305. The molecule has 0 amide bonds. The normalized spacial score (nSPS) is 10.8. The molecule has 0 aliphatic carbocycles. The Bertz CT molecular complexity index is 341. The molecule has 0 heterocycles. The summed E-state index contributed by atoms with van der Waals surface area (Å²) in [6.45, 7) is 0.425. The first kappa shape index (κ1) is 10.6. The smallest absolute Gasteiger partial charge is 0.132 e. The van der Waals surface area contributed by atoms with Crippen LogP contribution in [0.5, 0.6) is 0 Å². The molecule has 1 aromatic rings. The number of azide groups is 1. The zero-order valence-electron chi connectivity index (χ0n) is 8.81. The summed E-state index contributed by atoms with van der Waals surface area (Å²) in [4.78, 5) is 2.72. The molecular formula is C10H15N4+. The second kappa shape index (κ2) is 4.13. The summed E-state index contributed by atoms with van der Waals surface area (Å²) in [5.41, 5.74) is 10.4. The van der Waals surface area contributed by atoms with Crippen molar-refractivity contribution in [1.29, 1.82) is 0 Å². The van der Waals surface area contributed by atoms with Crippen molar-refractivity contribution < 1.29 is 0 Å². The van der Waals surface area contributed by atoms with Gasteiger partial charge in [0.2, 0.25) is 0 Å². The number of nitrogens with zero attached hydrogens (tertiary/aromatic N) is 4. The molecule has 0 aliphatic heterocycles. The van der Waals surface area contributed by atoms with Crippen LogP contribution in [0.25, 0.3) is 10.4 Å². The monoisotopic (exact) mass is 191 g/mol. The third-order valence-corrected chi connectivity index (χ3v) is 2.03. The van der Waals surface area contributed by atoms with Crippen molar-refractivity contribution in [1.82, 2.24) is 4.48 Å². The van der Waals surface area contributed by atoms with Crippen molar-refractivity contribution >= 4 is 5.69 Å². The van der Waals surface area contributed by atoms with Crippen LogP contribution >= 0.6 is 0 Å². The Morgan fingerprint density at radius 1 is 1.21 bits per heavy atom. The minimum absolute atomic E-state index is 0.425. The van der Waals surface area contributed by atoms with Gasteiger partial charge in [0.15, 0.2) is 0 Å². The summed E-state index contributed by atoms with van der Waals surface area (Å²) < 4.78 is 0.793. The van der Waals surface area contributed by atoms with Gasteiger partial charge in [-0.15, -0.1) is 0 Å². The molecule has 0 atom stereocenters. The molecule has 14 heavy (non-hydrogen) atoms. The Labute approximate surface area is 84.0 Å². The number of quaternary nitrogens is 1. The molecule has 0 saturated heterocycles. The van der Waals surface area contributed by atoms with E-state index in [2.05, 4.69) is 43.3 Å². The highest BCUT2D eigenvalue weighted by molar-refractivity contribution is 5.42. The fourth-order valence-electron chi connectivity index (χ4n) is 1.16. The molecule has 0 fully saturated rings. The fourth-order valence-corrected chi connectivity index (χ4v) is 1.16. The van der Waals surface area contributed by atoms with Crippen LogP contribution in [0.3, 0.4) is 0 Å². The Balaban J connectivity index is 2.83. The second-order valence-electron chi connectivity index (χ2n) is 4.07. The third-order valence-electron chi connectivity index (χ3n) is 2.03. The van der Waals surface area contributed by atoms with Gasteiger partial charge in [-0.3, -0.25) is 4.48 Å². The molecule has 1 aromatic carbocycles. The number of benzene rings is 1. The van der Waals surface area contributed by atoms with Gasteiger partial charge in [-0.1, -0.05) is 17.2 Å². The minimum Gasteiger partial charge on any atom is -0.298 e. The van der Waals surface area contributed by atoms with Gasteiger partial charge in [0.25, 0.3) is 0 Å². The number of hydrogen-bond donors (Lipinski definition) is 0. The van der Waals surface area contributed by atoms with E-state index in [1.54, 1.807) is 0 Å². The van der Waals surface area contributed by atoms with Gasteiger partial charge in [0.1, 0.15) is 5.69 Å². The van der Waals surface area contributed by atoms with Crippen molar-refractivity contribution in [2.45, 2.75) is 6.54 Å².